The lowest BCUT2D eigenvalue weighted by Gasteiger charge is -2.28. The third-order valence-electron chi connectivity index (χ3n) is 5.38. The van der Waals surface area contributed by atoms with Gasteiger partial charge in [0, 0.05) is 37.6 Å². The number of rotatable bonds is 4. The van der Waals surface area contributed by atoms with Crippen LogP contribution in [0.25, 0.3) is 11.4 Å². The molecule has 0 unspecified atom stereocenters. The first-order valence-electron chi connectivity index (χ1n) is 10.2. The van der Waals surface area contributed by atoms with Gasteiger partial charge in [-0.15, -0.1) is 0 Å². The summed E-state index contributed by atoms with van der Waals surface area (Å²) in [7, 11) is 1.95. The van der Waals surface area contributed by atoms with Crippen LogP contribution in [0.15, 0.2) is 60.8 Å². The van der Waals surface area contributed by atoms with Gasteiger partial charge < -0.3 is 9.80 Å². The third kappa shape index (κ3) is 4.14. The van der Waals surface area contributed by atoms with Gasteiger partial charge >= 0.3 is 0 Å². The minimum Gasteiger partial charge on any atom is -0.338 e. The van der Waals surface area contributed by atoms with E-state index >= 15 is 0 Å². The van der Waals surface area contributed by atoms with Crippen molar-refractivity contribution in [3.8, 4) is 11.4 Å². The normalized spacial score (nSPS) is 13.9. The quantitative estimate of drug-likeness (QED) is 0.643. The van der Waals surface area contributed by atoms with Crippen LogP contribution in [0, 0.1) is 6.92 Å². The zero-order valence-electron chi connectivity index (χ0n) is 17.0. The molecular weight excluding hydrogens is 360 g/mol. The molecule has 1 aliphatic heterocycles. The van der Waals surface area contributed by atoms with Gasteiger partial charge in [-0.3, -0.25) is 4.79 Å². The Kier molecular flexibility index (Phi) is 5.56. The molecule has 2 heterocycles. The molecule has 29 heavy (non-hydrogen) atoms. The number of nitrogens with zero attached hydrogens (tertiary/aromatic N) is 4. The molecule has 1 fully saturated rings. The van der Waals surface area contributed by atoms with Gasteiger partial charge in [-0.2, -0.15) is 0 Å². The molecule has 0 spiro atoms. The second-order valence-electron chi connectivity index (χ2n) is 7.55. The van der Waals surface area contributed by atoms with Crippen molar-refractivity contribution >= 4 is 17.4 Å². The van der Waals surface area contributed by atoms with Crippen molar-refractivity contribution in [2.75, 3.05) is 25.0 Å². The molecule has 5 heteroatoms. The number of carbonyl (C=O) groups is 1. The third-order valence-corrected chi connectivity index (χ3v) is 5.38. The summed E-state index contributed by atoms with van der Waals surface area (Å²) < 4.78 is 0. The second-order valence-corrected chi connectivity index (χ2v) is 7.55. The molecule has 1 saturated heterocycles. The van der Waals surface area contributed by atoms with Crippen molar-refractivity contribution in [2.24, 2.45) is 0 Å². The highest BCUT2D eigenvalue weighted by Crippen LogP contribution is 2.29. The minimum absolute atomic E-state index is 0.0123. The standard InChI is InChI=1S/C24H26N4O/c1-18-10-9-11-19(16-18)22-25-17-21(24(29)28-14-7-4-8-15-28)23(26-22)27(2)20-12-5-3-6-13-20/h3,5-6,9-13,16-17H,4,7-8,14-15H2,1-2H3. The lowest BCUT2D eigenvalue weighted by Crippen LogP contribution is -2.36. The number of piperidine rings is 1. The summed E-state index contributed by atoms with van der Waals surface area (Å²) in [5, 5.41) is 0. The molecule has 0 N–H and O–H groups in total. The van der Waals surface area contributed by atoms with Crippen LogP contribution in [0.5, 0.6) is 0 Å². The van der Waals surface area contributed by atoms with Crippen molar-refractivity contribution < 1.29 is 4.79 Å². The molecule has 2 aromatic carbocycles. The summed E-state index contributed by atoms with van der Waals surface area (Å²) in [6.45, 7) is 3.65. The number of aromatic nitrogens is 2. The van der Waals surface area contributed by atoms with Gasteiger partial charge in [0.2, 0.25) is 0 Å². The Balaban J connectivity index is 1.78. The fraction of sp³-hybridized carbons (Fsp3) is 0.292. The van der Waals surface area contributed by atoms with Crippen LogP contribution >= 0.6 is 0 Å². The number of para-hydroxylation sites is 1. The highest BCUT2D eigenvalue weighted by molar-refractivity contribution is 5.99. The van der Waals surface area contributed by atoms with Crippen LogP contribution in [0.3, 0.4) is 0 Å². The Bertz CT molecular complexity index is 997. The van der Waals surface area contributed by atoms with Crippen LogP contribution in [-0.2, 0) is 0 Å². The van der Waals surface area contributed by atoms with Gasteiger partial charge in [-0.05, 0) is 44.4 Å². The molecular formula is C24H26N4O. The lowest BCUT2D eigenvalue weighted by molar-refractivity contribution is 0.0724. The number of benzene rings is 2. The average Bonchev–Trinajstić information content (AvgIpc) is 2.79. The maximum absolute atomic E-state index is 13.3. The van der Waals surface area contributed by atoms with Crippen molar-refractivity contribution in [1.29, 1.82) is 0 Å². The molecule has 3 aromatic rings. The number of aryl methyl sites for hydroxylation is 1. The molecule has 1 amide bonds. The number of hydrogen-bond donors (Lipinski definition) is 0. The van der Waals surface area contributed by atoms with Crippen LogP contribution in [0.2, 0.25) is 0 Å². The van der Waals surface area contributed by atoms with Gasteiger partial charge in [-0.1, -0.05) is 42.0 Å². The number of hydrogen-bond acceptors (Lipinski definition) is 4. The van der Waals surface area contributed by atoms with E-state index in [1.807, 2.05) is 59.3 Å². The Hall–Kier alpha value is -3.21. The SMILES string of the molecule is Cc1cccc(-c2ncc(C(=O)N3CCCCC3)c(N(C)c3ccccc3)n2)c1. The summed E-state index contributed by atoms with van der Waals surface area (Å²) in [4.78, 5) is 26.6. The average molecular weight is 386 g/mol. The summed E-state index contributed by atoms with van der Waals surface area (Å²) in [6, 6.07) is 18.1. The van der Waals surface area contributed by atoms with Gasteiger partial charge in [0.25, 0.3) is 5.91 Å². The van der Waals surface area contributed by atoms with E-state index in [0.29, 0.717) is 17.2 Å². The Morgan fingerprint density at radius 2 is 1.76 bits per heavy atom. The van der Waals surface area contributed by atoms with E-state index in [0.717, 1.165) is 42.7 Å². The van der Waals surface area contributed by atoms with E-state index < -0.39 is 0 Å². The Morgan fingerprint density at radius 3 is 2.48 bits per heavy atom. The first-order valence-corrected chi connectivity index (χ1v) is 10.2. The number of likely N-dealkylation sites (tertiary alicyclic amines) is 1. The highest BCUT2D eigenvalue weighted by atomic mass is 16.2. The maximum atomic E-state index is 13.3. The highest BCUT2D eigenvalue weighted by Gasteiger charge is 2.25. The van der Waals surface area contributed by atoms with Gasteiger partial charge in [-0.25, -0.2) is 9.97 Å². The van der Waals surface area contributed by atoms with Gasteiger partial charge in [0.1, 0.15) is 11.4 Å². The number of anilines is 2. The van der Waals surface area contributed by atoms with E-state index in [-0.39, 0.29) is 5.91 Å². The number of amides is 1. The Morgan fingerprint density at radius 1 is 1.00 bits per heavy atom. The van der Waals surface area contributed by atoms with Crippen molar-refractivity contribution in [2.45, 2.75) is 26.2 Å². The second kappa shape index (κ2) is 8.43. The zero-order valence-corrected chi connectivity index (χ0v) is 17.0. The van der Waals surface area contributed by atoms with Crippen LogP contribution in [0.1, 0.15) is 35.2 Å². The molecule has 0 aliphatic carbocycles. The molecule has 148 valence electrons. The van der Waals surface area contributed by atoms with E-state index in [1.54, 1.807) is 6.20 Å². The molecule has 0 radical (unpaired) electrons. The topological polar surface area (TPSA) is 49.3 Å². The van der Waals surface area contributed by atoms with Crippen LogP contribution < -0.4 is 4.90 Å². The summed E-state index contributed by atoms with van der Waals surface area (Å²) in [5.41, 5.74) is 3.63. The van der Waals surface area contributed by atoms with E-state index in [1.165, 1.54) is 6.42 Å². The molecule has 4 rings (SSSR count). The zero-order chi connectivity index (χ0) is 20.2. The van der Waals surface area contributed by atoms with E-state index in [4.69, 9.17) is 4.98 Å². The first-order chi connectivity index (χ1) is 14.1. The number of carbonyl (C=O) groups excluding carboxylic acids is 1. The van der Waals surface area contributed by atoms with Crippen molar-refractivity contribution in [3.05, 3.63) is 71.9 Å². The molecule has 1 aliphatic rings. The fourth-order valence-corrected chi connectivity index (χ4v) is 3.74. The molecule has 0 saturated carbocycles. The largest absolute Gasteiger partial charge is 0.338 e. The summed E-state index contributed by atoms with van der Waals surface area (Å²) >= 11 is 0. The minimum atomic E-state index is 0.0123. The predicted octanol–water partition coefficient (Wildman–Crippen LogP) is 4.85. The molecule has 0 bridgehead atoms. The smallest absolute Gasteiger partial charge is 0.259 e. The summed E-state index contributed by atoms with van der Waals surface area (Å²) in [6.07, 6.45) is 4.98. The van der Waals surface area contributed by atoms with Crippen LogP contribution in [-0.4, -0.2) is 40.9 Å². The molecule has 0 atom stereocenters. The predicted molar refractivity (Wildman–Crippen MR) is 116 cm³/mol. The van der Waals surface area contributed by atoms with Gasteiger partial charge in [0.05, 0.1) is 0 Å². The van der Waals surface area contributed by atoms with E-state index in [9.17, 15) is 4.79 Å². The first kappa shape index (κ1) is 19.1. The van der Waals surface area contributed by atoms with Crippen molar-refractivity contribution in [3.63, 3.8) is 0 Å². The summed E-state index contributed by atoms with van der Waals surface area (Å²) in [5.74, 6) is 1.28. The van der Waals surface area contributed by atoms with Crippen molar-refractivity contribution in [1.82, 2.24) is 14.9 Å². The van der Waals surface area contributed by atoms with Gasteiger partial charge in [0.15, 0.2) is 5.82 Å². The lowest BCUT2D eigenvalue weighted by atomic mass is 10.1. The van der Waals surface area contributed by atoms with E-state index in [2.05, 4.69) is 24.0 Å². The maximum Gasteiger partial charge on any atom is 0.259 e. The monoisotopic (exact) mass is 386 g/mol. The molecule has 1 aromatic heterocycles. The molecule has 5 nitrogen and oxygen atoms in total. The van der Waals surface area contributed by atoms with Crippen LogP contribution in [0.4, 0.5) is 11.5 Å². The fourth-order valence-electron chi connectivity index (χ4n) is 3.74. The Labute approximate surface area is 172 Å².